The van der Waals surface area contributed by atoms with Crippen LogP contribution in [-0.4, -0.2) is 40.7 Å². The van der Waals surface area contributed by atoms with Crippen molar-refractivity contribution in [3.8, 4) is 5.75 Å². The fourth-order valence-electron chi connectivity index (χ4n) is 2.73. The number of fused-ring (bicyclic) bond motifs is 1. The SMILES string of the molecule is COc1ccc(CN(C)C(=O)CSc2nc(N)c3c(C)c(C)sc3n2)cc1F. The van der Waals surface area contributed by atoms with Gasteiger partial charge in [0, 0.05) is 18.5 Å². The molecule has 0 unspecified atom stereocenters. The van der Waals surface area contributed by atoms with Crippen molar-refractivity contribution in [2.45, 2.75) is 25.5 Å². The first-order valence-corrected chi connectivity index (χ1v) is 10.3. The Balaban J connectivity index is 1.65. The lowest BCUT2D eigenvalue weighted by Crippen LogP contribution is -2.27. The molecule has 2 N–H and O–H groups in total. The number of thiophene rings is 1. The first-order valence-electron chi connectivity index (χ1n) is 8.52. The summed E-state index contributed by atoms with van der Waals surface area (Å²) in [6.45, 7) is 4.32. The van der Waals surface area contributed by atoms with E-state index in [0.717, 1.165) is 20.7 Å². The minimum absolute atomic E-state index is 0.109. The first-order chi connectivity index (χ1) is 13.3. The van der Waals surface area contributed by atoms with Crippen LogP contribution in [0, 0.1) is 19.7 Å². The number of methoxy groups -OCH3 is 1. The monoisotopic (exact) mass is 420 g/mol. The molecule has 2 aromatic heterocycles. The van der Waals surface area contributed by atoms with Crippen molar-refractivity contribution in [1.29, 1.82) is 0 Å². The van der Waals surface area contributed by atoms with Crippen LogP contribution in [0.3, 0.4) is 0 Å². The number of thioether (sulfide) groups is 1. The van der Waals surface area contributed by atoms with Gasteiger partial charge in [0.2, 0.25) is 5.91 Å². The number of anilines is 1. The summed E-state index contributed by atoms with van der Waals surface area (Å²) < 4.78 is 18.7. The molecule has 1 aromatic carbocycles. The maximum absolute atomic E-state index is 13.8. The molecule has 0 fully saturated rings. The lowest BCUT2D eigenvalue weighted by molar-refractivity contribution is -0.127. The average Bonchev–Trinajstić information content (AvgIpc) is 2.94. The fourth-order valence-corrected chi connectivity index (χ4v) is 4.62. The van der Waals surface area contributed by atoms with E-state index in [1.165, 1.54) is 29.8 Å². The topological polar surface area (TPSA) is 81.3 Å². The Bertz CT molecular complexity index is 1040. The molecule has 0 radical (unpaired) electrons. The highest BCUT2D eigenvalue weighted by atomic mass is 32.2. The highest BCUT2D eigenvalue weighted by Crippen LogP contribution is 2.33. The number of aromatic nitrogens is 2. The number of aryl methyl sites for hydroxylation is 2. The summed E-state index contributed by atoms with van der Waals surface area (Å²) in [5.74, 6) is 0.223. The van der Waals surface area contributed by atoms with E-state index in [-0.39, 0.29) is 17.4 Å². The number of carbonyl (C=O) groups is 1. The summed E-state index contributed by atoms with van der Waals surface area (Å²) in [7, 11) is 3.09. The number of benzene rings is 1. The quantitative estimate of drug-likeness (QED) is 0.483. The Kier molecular flexibility index (Phi) is 6.04. The number of ether oxygens (including phenoxy) is 1. The minimum atomic E-state index is -0.450. The molecule has 3 rings (SSSR count). The summed E-state index contributed by atoms with van der Waals surface area (Å²) >= 11 is 2.81. The first kappa shape index (κ1) is 20.3. The van der Waals surface area contributed by atoms with Gasteiger partial charge >= 0.3 is 0 Å². The molecule has 0 bridgehead atoms. The van der Waals surface area contributed by atoms with E-state index in [2.05, 4.69) is 9.97 Å². The number of nitrogen functional groups attached to an aromatic ring is 1. The zero-order valence-corrected chi connectivity index (χ0v) is 17.7. The third-order valence-corrected chi connectivity index (χ3v) is 6.36. The predicted octanol–water partition coefficient (Wildman–Crippen LogP) is 3.79. The summed E-state index contributed by atoms with van der Waals surface area (Å²) in [6.07, 6.45) is 0. The molecule has 0 atom stereocenters. The van der Waals surface area contributed by atoms with Gasteiger partial charge in [0.15, 0.2) is 16.7 Å². The van der Waals surface area contributed by atoms with Gasteiger partial charge in [-0.3, -0.25) is 4.79 Å². The van der Waals surface area contributed by atoms with Crippen LogP contribution in [0.5, 0.6) is 5.75 Å². The molecule has 1 amide bonds. The molecular weight excluding hydrogens is 399 g/mol. The molecule has 0 saturated carbocycles. The molecule has 3 aromatic rings. The van der Waals surface area contributed by atoms with Gasteiger partial charge in [-0.15, -0.1) is 11.3 Å². The highest BCUT2D eigenvalue weighted by molar-refractivity contribution is 7.99. The van der Waals surface area contributed by atoms with Crippen molar-refractivity contribution in [2.75, 3.05) is 25.6 Å². The maximum atomic E-state index is 13.8. The number of hydrogen-bond donors (Lipinski definition) is 1. The largest absolute Gasteiger partial charge is 0.494 e. The number of halogens is 1. The van der Waals surface area contributed by atoms with Crippen molar-refractivity contribution < 1.29 is 13.9 Å². The zero-order valence-electron chi connectivity index (χ0n) is 16.1. The van der Waals surface area contributed by atoms with Gasteiger partial charge in [-0.2, -0.15) is 0 Å². The predicted molar refractivity (Wildman–Crippen MR) is 111 cm³/mol. The molecule has 0 saturated heterocycles. The third-order valence-electron chi connectivity index (χ3n) is 4.42. The molecule has 9 heteroatoms. The van der Waals surface area contributed by atoms with E-state index < -0.39 is 5.82 Å². The van der Waals surface area contributed by atoms with Crippen LogP contribution in [0.1, 0.15) is 16.0 Å². The van der Waals surface area contributed by atoms with E-state index in [1.54, 1.807) is 30.5 Å². The van der Waals surface area contributed by atoms with Crippen LogP contribution in [0.2, 0.25) is 0 Å². The number of carbonyl (C=O) groups excluding carboxylic acids is 1. The maximum Gasteiger partial charge on any atom is 0.233 e. The minimum Gasteiger partial charge on any atom is -0.494 e. The number of nitrogens with zero attached hydrogens (tertiary/aromatic N) is 3. The molecule has 0 spiro atoms. The second-order valence-electron chi connectivity index (χ2n) is 6.36. The Hall–Kier alpha value is -2.39. The van der Waals surface area contributed by atoms with Crippen LogP contribution in [-0.2, 0) is 11.3 Å². The number of nitrogens with two attached hydrogens (primary N) is 1. The average molecular weight is 421 g/mol. The highest BCUT2D eigenvalue weighted by Gasteiger charge is 2.16. The second-order valence-corrected chi connectivity index (χ2v) is 8.51. The molecule has 2 heterocycles. The normalized spacial score (nSPS) is 11.0. The summed E-state index contributed by atoms with van der Waals surface area (Å²) in [4.78, 5) is 24.8. The van der Waals surface area contributed by atoms with Crippen LogP contribution in [0.15, 0.2) is 23.4 Å². The van der Waals surface area contributed by atoms with E-state index in [1.807, 2.05) is 13.8 Å². The third kappa shape index (κ3) is 4.20. The Morgan fingerprint density at radius 2 is 2.11 bits per heavy atom. The van der Waals surface area contributed by atoms with Crippen molar-refractivity contribution in [3.63, 3.8) is 0 Å². The van der Waals surface area contributed by atoms with E-state index in [4.69, 9.17) is 10.5 Å². The van der Waals surface area contributed by atoms with Crippen molar-refractivity contribution >= 4 is 45.0 Å². The Morgan fingerprint density at radius 1 is 1.36 bits per heavy atom. The molecule has 0 aliphatic carbocycles. The van der Waals surface area contributed by atoms with Crippen LogP contribution >= 0.6 is 23.1 Å². The lowest BCUT2D eigenvalue weighted by atomic mass is 10.2. The zero-order chi connectivity index (χ0) is 20.4. The standard InChI is InChI=1S/C19H21FN4O2S2/c1-10-11(2)28-18-16(10)17(21)22-19(23-18)27-9-15(25)24(3)8-12-5-6-14(26-4)13(20)7-12/h5-7H,8-9H2,1-4H3,(H2,21,22,23). The number of hydrogen-bond acceptors (Lipinski definition) is 7. The van der Waals surface area contributed by atoms with E-state index >= 15 is 0 Å². The molecule has 0 aliphatic heterocycles. The van der Waals surface area contributed by atoms with Gasteiger partial charge in [-0.25, -0.2) is 14.4 Å². The van der Waals surface area contributed by atoms with Gasteiger partial charge in [-0.1, -0.05) is 17.8 Å². The van der Waals surface area contributed by atoms with Gasteiger partial charge in [0.05, 0.1) is 18.2 Å². The van der Waals surface area contributed by atoms with Gasteiger partial charge in [-0.05, 0) is 37.1 Å². The Labute approximate surface area is 170 Å². The molecule has 148 valence electrons. The summed E-state index contributed by atoms with van der Waals surface area (Å²) in [5.41, 5.74) is 7.86. The number of rotatable bonds is 6. The van der Waals surface area contributed by atoms with Crippen molar-refractivity contribution in [3.05, 3.63) is 40.0 Å². The number of amides is 1. The summed E-state index contributed by atoms with van der Waals surface area (Å²) in [5, 5.41) is 1.36. The fraction of sp³-hybridized carbons (Fsp3) is 0.316. The lowest BCUT2D eigenvalue weighted by Gasteiger charge is -2.17. The van der Waals surface area contributed by atoms with Crippen molar-refractivity contribution in [2.24, 2.45) is 0 Å². The van der Waals surface area contributed by atoms with Crippen LogP contribution < -0.4 is 10.5 Å². The van der Waals surface area contributed by atoms with Crippen molar-refractivity contribution in [1.82, 2.24) is 14.9 Å². The van der Waals surface area contributed by atoms with Gasteiger partial charge in [0.25, 0.3) is 0 Å². The van der Waals surface area contributed by atoms with Gasteiger partial charge < -0.3 is 15.4 Å². The van der Waals surface area contributed by atoms with Crippen LogP contribution in [0.4, 0.5) is 10.2 Å². The van der Waals surface area contributed by atoms with Gasteiger partial charge in [0.1, 0.15) is 10.6 Å². The molecule has 0 aliphatic rings. The Morgan fingerprint density at radius 3 is 2.79 bits per heavy atom. The molecule has 6 nitrogen and oxygen atoms in total. The second kappa shape index (κ2) is 8.32. The molecule has 28 heavy (non-hydrogen) atoms. The smallest absolute Gasteiger partial charge is 0.233 e. The molecular formula is C19H21FN4O2S2. The van der Waals surface area contributed by atoms with Crippen LogP contribution in [0.25, 0.3) is 10.2 Å². The summed E-state index contributed by atoms with van der Waals surface area (Å²) in [6, 6.07) is 4.65. The van der Waals surface area contributed by atoms with E-state index in [9.17, 15) is 9.18 Å². The van der Waals surface area contributed by atoms with E-state index in [0.29, 0.717) is 23.1 Å².